The van der Waals surface area contributed by atoms with Crippen LogP contribution in [0.3, 0.4) is 0 Å². The maximum atomic E-state index is 13.8. The Hall–Kier alpha value is -3.66. The number of carbonyl (C=O) groups excluding carboxylic acids is 2. The lowest BCUT2D eigenvalue weighted by molar-refractivity contribution is -0.120. The number of allylic oxidation sites excluding steroid dienone is 2. The number of hydrogen-bond donors (Lipinski definition) is 0. The number of amides is 1. The van der Waals surface area contributed by atoms with Gasteiger partial charge in [-0.2, -0.15) is 0 Å². The van der Waals surface area contributed by atoms with Crippen molar-refractivity contribution >= 4 is 17.4 Å². The first-order chi connectivity index (χ1) is 17.0. The lowest BCUT2D eigenvalue weighted by atomic mass is 9.72. The summed E-state index contributed by atoms with van der Waals surface area (Å²) < 4.78 is 5.91. The average molecular weight is 466 g/mol. The summed E-state index contributed by atoms with van der Waals surface area (Å²) in [7, 11) is 0. The quantitative estimate of drug-likeness (QED) is 0.425. The second kappa shape index (κ2) is 9.53. The first-order valence-electron chi connectivity index (χ1n) is 12.4. The third-order valence-corrected chi connectivity index (χ3v) is 7.34. The number of ether oxygens (including phenoxy) is 1. The minimum atomic E-state index is -0.299. The van der Waals surface area contributed by atoms with Gasteiger partial charge in [0.15, 0.2) is 5.78 Å². The van der Waals surface area contributed by atoms with E-state index in [1.165, 1.54) is 5.56 Å². The van der Waals surface area contributed by atoms with Gasteiger partial charge in [0.05, 0.1) is 6.61 Å². The van der Waals surface area contributed by atoms with Crippen molar-refractivity contribution in [2.45, 2.75) is 51.9 Å². The third-order valence-electron chi connectivity index (χ3n) is 7.34. The van der Waals surface area contributed by atoms with Crippen molar-refractivity contribution in [2.24, 2.45) is 0 Å². The highest BCUT2D eigenvalue weighted by Crippen LogP contribution is 2.48. The zero-order chi connectivity index (χ0) is 24.5. The predicted molar refractivity (Wildman–Crippen MR) is 139 cm³/mol. The fourth-order valence-electron chi connectivity index (χ4n) is 5.48. The number of rotatable bonds is 5. The molecule has 2 unspecified atom stereocenters. The molecule has 4 nitrogen and oxygen atoms in total. The second-order valence-electron chi connectivity index (χ2n) is 9.52. The van der Waals surface area contributed by atoms with Crippen molar-refractivity contribution in [3.63, 3.8) is 0 Å². The number of para-hydroxylation sites is 1. The summed E-state index contributed by atoms with van der Waals surface area (Å²) in [5.74, 6) is 0.636. The van der Waals surface area contributed by atoms with Crippen LogP contribution in [0.25, 0.3) is 0 Å². The van der Waals surface area contributed by atoms with Crippen molar-refractivity contribution in [2.75, 3.05) is 11.5 Å². The van der Waals surface area contributed by atoms with E-state index in [9.17, 15) is 9.59 Å². The van der Waals surface area contributed by atoms with Crippen LogP contribution in [0.15, 0.2) is 84.1 Å². The number of ketones is 1. The summed E-state index contributed by atoms with van der Waals surface area (Å²) in [6.45, 7) is 6.61. The van der Waals surface area contributed by atoms with Gasteiger partial charge in [-0.1, -0.05) is 54.6 Å². The summed E-state index contributed by atoms with van der Waals surface area (Å²) >= 11 is 0. The molecule has 1 aliphatic heterocycles. The first kappa shape index (κ1) is 23.1. The molecule has 3 aromatic carbocycles. The van der Waals surface area contributed by atoms with E-state index in [2.05, 4.69) is 32.0 Å². The molecule has 0 spiro atoms. The highest BCUT2D eigenvalue weighted by molar-refractivity contribution is 6.08. The Morgan fingerprint density at radius 2 is 1.60 bits per heavy atom. The second-order valence-corrected chi connectivity index (χ2v) is 9.52. The van der Waals surface area contributed by atoms with Gasteiger partial charge in [-0.25, -0.2) is 0 Å². The summed E-state index contributed by atoms with van der Waals surface area (Å²) in [5.41, 5.74) is 6.80. The molecule has 4 heteroatoms. The van der Waals surface area contributed by atoms with E-state index in [0.29, 0.717) is 19.4 Å². The zero-order valence-electron chi connectivity index (χ0n) is 20.6. The minimum absolute atomic E-state index is 0.0183. The highest BCUT2D eigenvalue weighted by Gasteiger charge is 2.43. The normalized spacial score (nSPS) is 20.1. The molecule has 0 fully saturated rings. The molecular formula is C31H31NO3. The topological polar surface area (TPSA) is 46.6 Å². The lowest BCUT2D eigenvalue weighted by Gasteiger charge is -2.41. The molecule has 1 heterocycles. The third kappa shape index (κ3) is 4.29. The van der Waals surface area contributed by atoms with Crippen molar-refractivity contribution < 1.29 is 14.3 Å². The molecule has 0 radical (unpaired) electrons. The number of Topliss-reactive ketones (excluding diaryl/α,β-unsaturated/α-hetero) is 1. The van der Waals surface area contributed by atoms with Gasteiger partial charge in [-0.05, 0) is 68.0 Å². The minimum Gasteiger partial charge on any atom is -0.494 e. The van der Waals surface area contributed by atoms with Crippen molar-refractivity contribution in [1.29, 1.82) is 0 Å². The Labute approximate surface area is 207 Å². The predicted octanol–water partition coefficient (Wildman–Crippen LogP) is 6.62. The Morgan fingerprint density at radius 3 is 2.34 bits per heavy atom. The van der Waals surface area contributed by atoms with E-state index < -0.39 is 0 Å². The van der Waals surface area contributed by atoms with Gasteiger partial charge >= 0.3 is 0 Å². The molecule has 0 bridgehead atoms. The van der Waals surface area contributed by atoms with Crippen LogP contribution in [0.2, 0.25) is 0 Å². The molecule has 0 saturated heterocycles. The van der Waals surface area contributed by atoms with E-state index in [0.717, 1.165) is 39.4 Å². The van der Waals surface area contributed by atoms with Crippen LogP contribution in [-0.2, 0) is 9.59 Å². The van der Waals surface area contributed by atoms with Crippen LogP contribution in [0.1, 0.15) is 60.3 Å². The first-order valence-corrected chi connectivity index (χ1v) is 12.4. The molecular weight excluding hydrogens is 434 g/mol. The molecule has 2 aliphatic rings. The summed E-state index contributed by atoms with van der Waals surface area (Å²) in [4.78, 5) is 29.4. The highest BCUT2D eigenvalue weighted by atomic mass is 16.5. The Bertz CT molecular complexity index is 1310. The van der Waals surface area contributed by atoms with E-state index in [1.54, 1.807) is 0 Å². The summed E-state index contributed by atoms with van der Waals surface area (Å²) in [6.07, 6.45) is 1.35. The maximum absolute atomic E-state index is 13.8. The smallest absolute Gasteiger partial charge is 0.232 e. The van der Waals surface area contributed by atoms with E-state index in [1.807, 2.05) is 66.4 Å². The van der Waals surface area contributed by atoms with Crippen LogP contribution in [0, 0.1) is 13.8 Å². The molecule has 0 saturated carbocycles. The Morgan fingerprint density at radius 1 is 0.857 bits per heavy atom. The standard InChI is InChI=1S/C31H31NO3/c1-4-35-29-13-9-8-12-25(29)26-19-30(34)32(24-15-14-20(2)21(3)16-24)27-17-23(18-28(33)31(26)27)22-10-6-5-7-11-22/h5-16,23,26H,4,17-19H2,1-3H3. The van der Waals surface area contributed by atoms with Crippen LogP contribution in [0.4, 0.5) is 5.69 Å². The van der Waals surface area contributed by atoms with Crippen LogP contribution < -0.4 is 9.64 Å². The summed E-state index contributed by atoms with van der Waals surface area (Å²) in [6, 6.07) is 24.1. The van der Waals surface area contributed by atoms with Crippen LogP contribution in [0.5, 0.6) is 5.75 Å². The molecule has 0 N–H and O–H groups in total. The fourth-order valence-corrected chi connectivity index (χ4v) is 5.48. The van der Waals surface area contributed by atoms with Crippen molar-refractivity contribution in [3.05, 3.63) is 106 Å². The monoisotopic (exact) mass is 465 g/mol. The Kier molecular flexibility index (Phi) is 6.29. The number of nitrogens with zero attached hydrogens (tertiary/aromatic N) is 1. The van der Waals surface area contributed by atoms with E-state index in [4.69, 9.17) is 4.74 Å². The number of aryl methyl sites for hydroxylation is 2. The SMILES string of the molecule is CCOc1ccccc1C1CC(=O)N(c2ccc(C)c(C)c2)C2=C1C(=O)CC(c1ccccc1)C2. The van der Waals surface area contributed by atoms with E-state index in [-0.39, 0.29) is 29.9 Å². The zero-order valence-corrected chi connectivity index (χ0v) is 20.6. The molecule has 3 aromatic rings. The fraction of sp³-hybridized carbons (Fsp3) is 0.290. The number of carbonyl (C=O) groups is 2. The number of hydrogen-bond acceptors (Lipinski definition) is 3. The van der Waals surface area contributed by atoms with Crippen LogP contribution in [-0.4, -0.2) is 18.3 Å². The van der Waals surface area contributed by atoms with Gasteiger partial charge in [0.25, 0.3) is 0 Å². The number of anilines is 1. The van der Waals surface area contributed by atoms with Crippen LogP contribution >= 0.6 is 0 Å². The van der Waals surface area contributed by atoms with Gasteiger partial charge in [0.1, 0.15) is 5.75 Å². The van der Waals surface area contributed by atoms with Crippen molar-refractivity contribution in [3.8, 4) is 5.75 Å². The largest absolute Gasteiger partial charge is 0.494 e. The molecule has 1 amide bonds. The lowest BCUT2D eigenvalue weighted by Crippen LogP contribution is -2.42. The van der Waals surface area contributed by atoms with Gasteiger partial charge in [-0.15, -0.1) is 0 Å². The molecule has 35 heavy (non-hydrogen) atoms. The molecule has 1 aliphatic carbocycles. The average Bonchev–Trinajstić information content (AvgIpc) is 2.86. The van der Waals surface area contributed by atoms with Crippen molar-refractivity contribution in [1.82, 2.24) is 0 Å². The van der Waals surface area contributed by atoms with Gasteiger partial charge < -0.3 is 4.74 Å². The maximum Gasteiger partial charge on any atom is 0.232 e. The summed E-state index contributed by atoms with van der Waals surface area (Å²) in [5, 5.41) is 0. The number of benzene rings is 3. The Balaban J connectivity index is 1.67. The van der Waals surface area contributed by atoms with Gasteiger partial charge in [0, 0.05) is 41.3 Å². The molecule has 2 atom stereocenters. The van der Waals surface area contributed by atoms with Gasteiger partial charge in [-0.3, -0.25) is 14.5 Å². The van der Waals surface area contributed by atoms with E-state index >= 15 is 0 Å². The molecule has 178 valence electrons. The molecule has 0 aromatic heterocycles. The van der Waals surface area contributed by atoms with Gasteiger partial charge in [0.2, 0.25) is 5.91 Å². The molecule has 5 rings (SSSR count).